The van der Waals surface area contributed by atoms with Gasteiger partial charge in [0, 0.05) is 5.92 Å². The van der Waals surface area contributed by atoms with Crippen LogP contribution >= 0.6 is 0 Å². The van der Waals surface area contributed by atoms with Gasteiger partial charge in [0.15, 0.2) is 11.5 Å². The van der Waals surface area contributed by atoms with Crippen molar-refractivity contribution >= 4 is 12.1 Å². The van der Waals surface area contributed by atoms with E-state index in [0.717, 1.165) is 12.0 Å². The zero-order valence-corrected chi connectivity index (χ0v) is 14.0. The SMILES string of the molecule is COc1ccc(/C=N\NC(=O)[C@H]2[C@@H]3CCCC[C@@]32C)cc1OC. The van der Waals surface area contributed by atoms with E-state index in [1.54, 1.807) is 20.4 Å². The predicted octanol–water partition coefficient (Wildman–Crippen LogP) is 2.98. The minimum atomic E-state index is 0.0520. The van der Waals surface area contributed by atoms with Crippen LogP contribution in [0.1, 0.15) is 38.2 Å². The lowest BCUT2D eigenvalue weighted by atomic mass is 9.90. The van der Waals surface area contributed by atoms with E-state index in [1.165, 1.54) is 19.3 Å². The van der Waals surface area contributed by atoms with E-state index in [0.29, 0.717) is 17.4 Å². The maximum absolute atomic E-state index is 12.3. The predicted molar refractivity (Wildman–Crippen MR) is 88.8 cm³/mol. The highest BCUT2D eigenvalue weighted by Crippen LogP contribution is 2.66. The molecule has 23 heavy (non-hydrogen) atoms. The van der Waals surface area contributed by atoms with Gasteiger partial charge >= 0.3 is 0 Å². The standard InChI is InChI=1S/C18H24N2O3/c1-18-9-5-4-6-13(18)16(18)17(21)20-19-11-12-7-8-14(22-2)15(10-12)23-3/h7-8,10-11,13,16H,4-6,9H2,1-3H3,(H,20,21)/b19-11-/t13-,16+,18-/m0/s1. The van der Waals surface area contributed by atoms with Crippen LogP contribution in [0.3, 0.4) is 0 Å². The van der Waals surface area contributed by atoms with Crippen molar-refractivity contribution in [2.45, 2.75) is 32.6 Å². The fourth-order valence-corrected chi connectivity index (χ4v) is 4.02. The lowest BCUT2D eigenvalue weighted by Gasteiger charge is -2.15. The van der Waals surface area contributed by atoms with E-state index in [1.807, 2.05) is 18.2 Å². The molecule has 3 atom stereocenters. The molecule has 2 saturated carbocycles. The summed E-state index contributed by atoms with van der Waals surface area (Å²) in [7, 11) is 3.19. The van der Waals surface area contributed by atoms with Crippen LogP contribution in [0.4, 0.5) is 0 Å². The second kappa shape index (κ2) is 6.22. The zero-order chi connectivity index (χ0) is 16.4. The topological polar surface area (TPSA) is 59.9 Å². The van der Waals surface area contributed by atoms with Gasteiger partial charge in [0.05, 0.1) is 20.4 Å². The second-order valence-electron chi connectivity index (χ2n) is 6.68. The molecule has 1 amide bonds. The number of nitrogens with zero attached hydrogens (tertiary/aromatic N) is 1. The third-order valence-corrected chi connectivity index (χ3v) is 5.41. The fourth-order valence-electron chi connectivity index (χ4n) is 4.02. The normalized spacial score (nSPS) is 29.0. The minimum Gasteiger partial charge on any atom is -0.493 e. The van der Waals surface area contributed by atoms with Crippen LogP contribution in [0.2, 0.25) is 0 Å². The lowest BCUT2D eigenvalue weighted by Crippen LogP contribution is -2.22. The van der Waals surface area contributed by atoms with Gasteiger partial charge in [-0.15, -0.1) is 0 Å². The molecule has 0 saturated heterocycles. The van der Waals surface area contributed by atoms with E-state index >= 15 is 0 Å². The Labute approximate surface area is 137 Å². The highest BCUT2D eigenvalue weighted by molar-refractivity contribution is 5.86. The number of methoxy groups -OCH3 is 2. The molecule has 2 aliphatic rings. The van der Waals surface area contributed by atoms with Crippen molar-refractivity contribution in [1.82, 2.24) is 5.43 Å². The van der Waals surface area contributed by atoms with E-state index in [9.17, 15) is 4.79 Å². The number of amides is 1. The van der Waals surface area contributed by atoms with Gasteiger partial charge in [-0.3, -0.25) is 4.79 Å². The van der Waals surface area contributed by atoms with E-state index in [2.05, 4.69) is 17.5 Å². The highest BCUT2D eigenvalue weighted by atomic mass is 16.5. The summed E-state index contributed by atoms with van der Waals surface area (Å²) in [5, 5.41) is 4.10. The van der Waals surface area contributed by atoms with Crippen molar-refractivity contribution in [3.8, 4) is 11.5 Å². The summed E-state index contributed by atoms with van der Waals surface area (Å²) >= 11 is 0. The Balaban J connectivity index is 1.60. The van der Waals surface area contributed by atoms with Crippen molar-refractivity contribution < 1.29 is 14.3 Å². The molecule has 3 rings (SSSR count). The smallest absolute Gasteiger partial charge is 0.244 e. The van der Waals surface area contributed by atoms with Gasteiger partial charge in [0.2, 0.25) is 5.91 Å². The first-order valence-electron chi connectivity index (χ1n) is 8.15. The number of rotatable bonds is 5. The molecule has 124 valence electrons. The average molecular weight is 316 g/mol. The molecule has 1 aromatic carbocycles. The quantitative estimate of drug-likeness (QED) is 0.671. The largest absolute Gasteiger partial charge is 0.493 e. The van der Waals surface area contributed by atoms with Crippen molar-refractivity contribution in [2.24, 2.45) is 22.4 Å². The molecular weight excluding hydrogens is 292 g/mol. The van der Waals surface area contributed by atoms with Crippen LogP contribution in [0, 0.1) is 17.3 Å². The number of nitrogens with one attached hydrogen (secondary N) is 1. The van der Waals surface area contributed by atoms with Crippen molar-refractivity contribution in [3.05, 3.63) is 23.8 Å². The summed E-state index contributed by atoms with van der Waals surface area (Å²) in [5.74, 6) is 2.04. The van der Waals surface area contributed by atoms with Crippen LogP contribution in [0.15, 0.2) is 23.3 Å². The molecule has 0 heterocycles. The van der Waals surface area contributed by atoms with Gasteiger partial charge in [-0.05, 0) is 47.9 Å². The van der Waals surface area contributed by atoms with Crippen LogP contribution < -0.4 is 14.9 Å². The van der Waals surface area contributed by atoms with Gasteiger partial charge in [-0.1, -0.05) is 19.8 Å². The van der Waals surface area contributed by atoms with Crippen molar-refractivity contribution in [1.29, 1.82) is 0 Å². The third-order valence-electron chi connectivity index (χ3n) is 5.41. The van der Waals surface area contributed by atoms with Crippen LogP contribution in [-0.2, 0) is 4.79 Å². The van der Waals surface area contributed by atoms with E-state index < -0.39 is 0 Å². The van der Waals surface area contributed by atoms with E-state index in [-0.39, 0.29) is 17.2 Å². The molecule has 0 radical (unpaired) electrons. The van der Waals surface area contributed by atoms with Crippen LogP contribution in [0.25, 0.3) is 0 Å². The summed E-state index contributed by atoms with van der Waals surface area (Å²) in [5.41, 5.74) is 3.76. The van der Waals surface area contributed by atoms with Gasteiger partial charge in [-0.25, -0.2) is 5.43 Å². The maximum atomic E-state index is 12.3. The molecule has 5 heteroatoms. The summed E-state index contributed by atoms with van der Waals surface area (Å²) in [4.78, 5) is 12.3. The maximum Gasteiger partial charge on any atom is 0.244 e. The molecule has 1 N–H and O–H groups in total. The number of benzene rings is 1. The van der Waals surface area contributed by atoms with Gasteiger partial charge in [0.25, 0.3) is 0 Å². The minimum absolute atomic E-state index is 0.0520. The Hall–Kier alpha value is -2.04. The summed E-state index contributed by atoms with van der Waals surface area (Å²) in [6.07, 6.45) is 6.46. The fraction of sp³-hybridized carbons (Fsp3) is 0.556. The van der Waals surface area contributed by atoms with Gasteiger partial charge in [-0.2, -0.15) is 5.10 Å². The van der Waals surface area contributed by atoms with Crippen LogP contribution in [0.5, 0.6) is 11.5 Å². The molecule has 0 spiro atoms. The Kier molecular flexibility index (Phi) is 4.28. The Morgan fingerprint density at radius 3 is 2.74 bits per heavy atom. The summed E-state index contributed by atoms with van der Waals surface area (Å²) < 4.78 is 10.5. The molecule has 1 aromatic rings. The zero-order valence-electron chi connectivity index (χ0n) is 14.0. The molecular formula is C18H24N2O3. The molecule has 0 aromatic heterocycles. The number of ether oxygens (including phenoxy) is 2. The summed E-state index contributed by atoms with van der Waals surface area (Å²) in [6.45, 7) is 2.24. The molecule has 5 nitrogen and oxygen atoms in total. The number of carbonyl (C=O) groups is 1. The first-order chi connectivity index (χ1) is 11.1. The first-order valence-corrected chi connectivity index (χ1v) is 8.15. The molecule has 2 aliphatic carbocycles. The highest BCUT2D eigenvalue weighted by Gasteiger charge is 2.64. The first kappa shape index (κ1) is 15.8. The summed E-state index contributed by atoms with van der Waals surface area (Å²) in [6, 6.07) is 5.51. The lowest BCUT2D eigenvalue weighted by molar-refractivity contribution is -0.123. The second-order valence-corrected chi connectivity index (χ2v) is 6.68. The number of hydrazone groups is 1. The van der Waals surface area contributed by atoms with E-state index in [4.69, 9.17) is 9.47 Å². The van der Waals surface area contributed by atoms with Gasteiger partial charge in [0.1, 0.15) is 0 Å². The molecule has 0 unspecified atom stereocenters. The Bertz CT molecular complexity index is 629. The molecule has 0 bridgehead atoms. The number of fused-ring (bicyclic) bond motifs is 1. The number of hydrogen-bond acceptors (Lipinski definition) is 4. The Morgan fingerprint density at radius 2 is 2.09 bits per heavy atom. The Morgan fingerprint density at radius 1 is 1.30 bits per heavy atom. The molecule has 2 fully saturated rings. The number of hydrogen-bond donors (Lipinski definition) is 1. The van der Waals surface area contributed by atoms with Crippen LogP contribution in [-0.4, -0.2) is 26.3 Å². The third kappa shape index (κ3) is 2.92. The van der Waals surface area contributed by atoms with Gasteiger partial charge < -0.3 is 9.47 Å². The monoisotopic (exact) mass is 316 g/mol. The number of carbonyl (C=O) groups excluding carboxylic acids is 1. The van der Waals surface area contributed by atoms with Crippen molar-refractivity contribution in [3.63, 3.8) is 0 Å². The average Bonchev–Trinajstić information content (AvgIpc) is 3.20. The molecule has 0 aliphatic heterocycles. The van der Waals surface area contributed by atoms with Crippen molar-refractivity contribution in [2.75, 3.05) is 14.2 Å².